The van der Waals surface area contributed by atoms with Crippen LogP contribution >= 0.6 is 0 Å². The van der Waals surface area contributed by atoms with Gasteiger partial charge in [0.25, 0.3) is 0 Å². The van der Waals surface area contributed by atoms with E-state index >= 15 is 0 Å². The molecule has 1 amide bonds. The van der Waals surface area contributed by atoms with Gasteiger partial charge < -0.3 is 14.3 Å². The zero-order chi connectivity index (χ0) is 20.2. The summed E-state index contributed by atoms with van der Waals surface area (Å²) in [6.07, 6.45) is 4.44. The second kappa shape index (κ2) is 11.2. The molecule has 0 atom stereocenters. The Bertz CT molecular complexity index is 816. The van der Waals surface area contributed by atoms with Crippen molar-refractivity contribution in [1.29, 1.82) is 0 Å². The lowest BCUT2D eigenvalue weighted by atomic mass is 10.1. The lowest BCUT2D eigenvalue weighted by Crippen LogP contribution is -2.31. The standard InChI is InChI=1S/C22H24N2O4/c1-4-14-24(22(25)26-3)21-9-7-6-8-19(21)17-27-20-12-10-18(11-13-20)16-23-28-15-5-2/h4-13,16H,1-2,14-15,17H2,3H3. The van der Waals surface area contributed by atoms with Crippen molar-refractivity contribution in [3.8, 4) is 5.75 Å². The molecule has 146 valence electrons. The molecule has 6 nitrogen and oxygen atoms in total. The summed E-state index contributed by atoms with van der Waals surface area (Å²) >= 11 is 0. The van der Waals surface area contributed by atoms with Crippen molar-refractivity contribution in [3.05, 3.63) is 85.0 Å². The number of rotatable bonds is 10. The largest absolute Gasteiger partial charge is 0.489 e. The van der Waals surface area contributed by atoms with Crippen LogP contribution in [0.4, 0.5) is 10.5 Å². The predicted octanol–water partition coefficient (Wildman–Crippen LogP) is 4.56. The lowest BCUT2D eigenvalue weighted by molar-refractivity contribution is 0.176. The first-order valence-corrected chi connectivity index (χ1v) is 8.73. The highest BCUT2D eigenvalue weighted by Crippen LogP contribution is 2.23. The van der Waals surface area contributed by atoms with Gasteiger partial charge in [0.1, 0.15) is 19.0 Å². The third-order valence-corrected chi connectivity index (χ3v) is 3.73. The summed E-state index contributed by atoms with van der Waals surface area (Å²) in [6, 6.07) is 15.0. The van der Waals surface area contributed by atoms with E-state index in [9.17, 15) is 4.79 Å². The fourth-order valence-corrected chi connectivity index (χ4v) is 2.41. The first-order chi connectivity index (χ1) is 13.7. The van der Waals surface area contributed by atoms with Crippen molar-refractivity contribution in [2.24, 2.45) is 5.16 Å². The Hall–Kier alpha value is -3.54. The van der Waals surface area contributed by atoms with Crippen LogP contribution in [0.15, 0.2) is 79.0 Å². The van der Waals surface area contributed by atoms with Gasteiger partial charge in [0, 0.05) is 12.1 Å². The molecule has 0 saturated heterocycles. The number of carbonyl (C=O) groups excluding carboxylic acids is 1. The number of para-hydroxylation sites is 1. The predicted molar refractivity (Wildman–Crippen MR) is 111 cm³/mol. The summed E-state index contributed by atoms with van der Waals surface area (Å²) in [6.45, 7) is 8.26. The molecule has 0 bridgehead atoms. The molecule has 0 aliphatic carbocycles. The zero-order valence-corrected chi connectivity index (χ0v) is 15.9. The zero-order valence-electron chi connectivity index (χ0n) is 15.9. The number of benzene rings is 2. The van der Waals surface area contributed by atoms with Crippen LogP contribution < -0.4 is 9.64 Å². The molecule has 0 fully saturated rings. The highest BCUT2D eigenvalue weighted by molar-refractivity contribution is 5.88. The van der Waals surface area contributed by atoms with Crippen LogP contribution in [-0.4, -0.2) is 32.6 Å². The van der Waals surface area contributed by atoms with E-state index in [-0.39, 0.29) is 0 Å². The van der Waals surface area contributed by atoms with Crippen molar-refractivity contribution in [2.45, 2.75) is 6.61 Å². The number of anilines is 1. The van der Waals surface area contributed by atoms with E-state index in [0.29, 0.717) is 25.5 Å². The van der Waals surface area contributed by atoms with E-state index in [1.165, 1.54) is 12.0 Å². The fourth-order valence-electron chi connectivity index (χ4n) is 2.41. The average molecular weight is 380 g/mol. The Kier molecular flexibility index (Phi) is 8.33. The molecule has 2 aromatic carbocycles. The summed E-state index contributed by atoms with van der Waals surface area (Å²) in [7, 11) is 1.35. The van der Waals surface area contributed by atoms with Gasteiger partial charge in [-0.05, 0) is 35.9 Å². The highest BCUT2D eigenvalue weighted by atomic mass is 16.6. The minimum Gasteiger partial charge on any atom is -0.489 e. The first-order valence-electron chi connectivity index (χ1n) is 8.73. The van der Waals surface area contributed by atoms with Gasteiger partial charge >= 0.3 is 6.09 Å². The van der Waals surface area contributed by atoms with Gasteiger partial charge in [-0.25, -0.2) is 4.79 Å². The van der Waals surface area contributed by atoms with Gasteiger partial charge in [-0.2, -0.15) is 0 Å². The molecule has 0 aliphatic rings. The molecule has 0 N–H and O–H groups in total. The van der Waals surface area contributed by atoms with Gasteiger partial charge in [0.2, 0.25) is 0 Å². The molecule has 28 heavy (non-hydrogen) atoms. The van der Waals surface area contributed by atoms with Gasteiger partial charge in [-0.1, -0.05) is 42.1 Å². The molecule has 0 aromatic heterocycles. The molecule has 0 spiro atoms. The van der Waals surface area contributed by atoms with Crippen molar-refractivity contribution >= 4 is 18.0 Å². The molecular weight excluding hydrogens is 356 g/mol. The molecule has 6 heteroatoms. The average Bonchev–Trinajstić information content (AvgIpc) is 2.74. The Balaban J connectivity index is 2.06. The highest BCUT2D eigenvalue weighted by Gasteiger charge is 2.17. The number of hydrogen-bond donors (Lipinski definition) is 0. The normalized spacial score (nSPS) is 10.3. The second-order valence-electron chi connectivity index (χ2n) is 5.67. The number of oxime groups is 1. The SMILES string of the molecule is C=CCON=Cc1ccc(OCc2ccccc2N(CC=C)C(=O)OC)cc1. The van der Waals surface area contributed by atoms with E-state index in [2.05, 4.69) is 18.3 Å². The second-order valence-corrected chi connectivity index (χ2v) is 5.67. The maximum absolute atomic E-state index is 12.1. The minimum absolute atomic E-state index is 0.302. The van der Waals surface area contributed by atoms with Crippen molar-refractivity contribution < 1.29 is 19.1 Å². The summed E-state index contributed by atoms with van der Waals surface area (Å²) in [4.78, 5) is 18.6. The molecule has 0 saturated carbocycles. The molecule has 0 unspecified atom stereocenters. The number of carbonyl (C=O) groups is 1. The third kappa shape index (κ3) is 6.02. The van der Waals surface area contributed by atoms with E-state index in [1.54, 1.807) is 18.4 Å². The van der Waals surface area contributed by atoms with Crippen LogP contribution in [0.3, 0.4) is 0 Å². The first kappa shape index (κ1) is 20.8. The Morgan fingerprint density at radius 3 is 2.54 bits per heavy atom. The Labute approximate surface area is 165 Å². The summed E-state index contributed by atoms with van der Waals surface area (Å²) < 4.78 is 10.7. The van der Waals surface area contributed by atoms with Crippen LogP contribution in [0.25, 0.3) is 0 Å². The van der Waals surface area contributed by atoms with Gasteiger partial charge in [0.05, 0.1) is 19.0 Å². The third-order valence-electron chi connectivity index (χ3n) is 3.73. The molecular formula is C22H24N2O4. The smallest absolute Gasteiger partial charge is 0.414 e. The van der Waals surface area contributed by atoms with Crippen LogP contribution in [-0.2, 0) is 16.2 Å². The number of methoxy groups -OCH3 is 1. The van der Waals surface area contributed by atoms with Crippen LogP contribution in [0.5, 0.6) is 5.75 Å². The van der Waals surface area contributed by atoms with Crippen molar-refractivity contribution in [1.82, 2.24) is 0 Å². The lowest BCUT2D eigenvalue weighted by Gasteiger charge is -2.22. The van der Waals surface area contributed by atoms with Gasteiger partial charge in [0.15, 0.2) is 0 Å². The van der Waals surface area contributed by atoms with Gasteiger partial charge in [-0.15, -0.1) is 6.58 Å². The molecule has 0 aliphatic heterocycles. The van der Waals surface area contributed by atoms with E-state index in [1.807, 2.05) is 48.5 Å². The van der Waals surface area contributed by atoms with E-state index < -0.39 is 6.09 Å². The Morgan fingerprint density at radius 2 is 1.86 bits per heavy atom. The van der Waals surface area contributed by atoms with Crippen molar-refractivity contribution in [3.63, 3.8) is 0 Å². The summed E-state index contributed by atoms with van der Waals surface area (Å²) in [5.74, 6) is 0.701. The monoisotopic (exact) mass is 380 g/mol. The van der Waals surface area contributed by atoms with Crippen molar-refractivity contribution in [2.75, 3.05) is 25.2 Å². The summed E-state index contributed by atoms with van der Waals surface area (Å²) in [5.41, 5.74) is 2.47. The van der Waals surface area contributed by atoms with Crippen LogP contribution in [0, 0.1) is 0 Å². The molecule has 0 radical (unpaired) electrons. The maximum atomic E-state index is 12.1. The number of nitrogens with zero attached hydrogens (tertiary/aromatic N) is 2. The molecule has 2 aromatic rings. The minimum atomic E-state index is -0.449. The molecule has 0 heterocycles. The van der Waals surface area contributed by atoms with E-state index in [0.717, 1.165) is 16.8 Å². The topological polar surface area (TPSA) is 60.4 Å². The van der Waals surface area contributed by atoms with Crippen LogP contribution in [0.1, 0.15) is 11.1 Å². The number of hydrogen-bond acceptors (Lipinski definition) is 5. The number of amides is 1. The fraction of sp³-hybridized carbons (Fsp3) is 0.182. The quantitative estimate of drug-likeness (QED) is 0.262. The number of ether oxygens (including phenoxy) is 2. The Morgan fingerprint density at radius 1 is 1.11 bits per heavy atom. The molecule has 2 rings (SSSR count). The van der Waals surface area contributed by atoms with Gasteiger partial charge in [-0.3, -0.25) is 4.90 Å². The maximum Gasteiger partial charge on any atom is 0.414 e. The summed E-state index contributed by atoms with van der Waals surface area (Å²) in [5, 5.41) is 3.83. The van der Waals surface area contributed by atoms with Crippen LogP contribution in [0.2, 0.25) is 0 Å². The van der Waals surface area contributed by atoms with E-state index in [4.69, 9.17) is 14.3 Å².